The third-order valence-electron chi connectivity index (χ3n) is 5.21. The minimum absolute atomic E-state index is 0.0527. The predicted octanol–water partition coefficient (Wildman–Crippen LogP) is 0.674. The second kappa shape index (κ2) is 8.48. The maximum Gasteiger partial charge on any atom is 0.256 e. The summed E-state index contributed by atoms with van der Waals surface area (Å²) in [5, 5.41) is 3.03. The van der Waals surface area contributed by atoms with Crippen LogP contribution in [-0.4, -0.2) is 75.1 Å². The van der Waals surface area contributed by atoms with E-state index in [0.717, 1.165) is 18.7 Å². The zero-order valence-corrected chi connectivity index (χ0v) is 16.8. The molecule has 0 spiro atoms. The summed E-state index contributed by atoms with van der Waals surface area (Å²) in [5.74, 6) is 0.106. The molecule has 0 saturated carbocycles. The maximum atomic E-state index is 12.8. The van der Waals surface area contributed by atoms with Crippen LogP contribution in [0.3, 0.4) is 0 Å². The summed E-state index contributed by atoms with van der Waals surface area (Å²) >= 11 is 0. The van der Waals surface area contributed by atoms with Crippen molar-refractivity contribution in [2.75, 3.05) is 45.1 Å². The van der Waals surface area contributed by atoms with Crippen molar-refractivity contribution in [1.29, 1.82) is 0 Å². The van der Waals surface area contributed by atoms with E-state index in [1.807, 2.05) is 18.2 Å². The molecule has 9 heteroatoms. The quantitative estimate of drug-likeness (QED) is 0.759. The van der Waals surface area contributed by atoms with Gasteiger partial charge in [0.25, 0.3) is 15.9 Å². The fraction of sp³-hybridized carbons (Fsp3) is 0.400. The van der Waals surface area contributed by atoms with Crippen molar-refractivity contribution < 1.29 is 17.9 Å². The van der Waals surface area contributed by atoms with Gasteiger partial charge < -0.3 is 15.0 Å². The number of amidine groups is 1. The highest BCUT2D eigenvalue weighted by molar-refractivity contribution is 7.90. The van der Waals surface area contributed by atoms with Gasteiger partial charge in [-0.1, -0.05) is 30.3 Å². The largest absolute Gasteiger partial charge is 0.379 e. The van der Waals surface area contributed by atoms with Crippen molar-refractivity contribution in [2.24, 2.45) is 4.40 Å². The monoisotopic (exact) mass is 416 g/mol. The molecule has 154 valence electrons. The molecule has 1 N–H and O–H groups in total. The Kier molecular flexibility index (Phi) is 5.79. The number of carbonyl (C=O) groups is 1. The number of ether oxygens (including phenoxy) is 1. The number of nitrogens with zero attached hydrogens (tertiary/aromatic N) is 3. The second-order valence-electron chi connectivity index (χ2n) is 7.13. The molecule has 0 bridgehead atoms. The van der Waals surface area contributed by atoms with Crippen LogP contribution in [0.4, 0.5) is 0 Å². The maximum absolute atomic E-state index is 12.8. The Hall–Kier alpha value is -2.49. The van der Waals surface area contributed by atoms with E-state index in [-0.39, 0.29) is 17.7 Å². The van der Waals surface area contributed by atoms with E-state index in [4.69, 9.17) is 4.74 Å². The molecule has 4 rings (SSSR count). The van der Waals surface area contributed by atoms with Gasteiger partial charge in [-0.25, -0.2) is 8.42 Å². The third-order valence-corrected chi connectivity index (χ3v) is 6.38. The number of benzene rings is 1. The summed E-state index contributed by atoms with van der Waals surface area (Å²) < 4.78 is 32.4. The number of nitrogens with one attached hydrogen (secondary N) is 1. The van der Waals surface area contributed by atoms with E-state index in [0.29, 0.717) is 37.7 Å². The number of morpholine rings is 1. The normalized spacial score (nSPS) is 22.3. The molecule has 1 aromatic carbocycles. The lowest BCUT2D eigenvalue weighted by molar-refractivity contribution is -0.117. The SMILES string of the molecule is O=C(NCC(c1ccccc1)N1CCOCC1)C1=CN2CCS(=O)(=O)N=C2C=C1. The Morgan fingerprint density at radius 1 is 1.14 bits per heavy atom. The lowest BCUT2D eigenvalue weighted by Gasteiger charge is -2.35. The molecule has 1 saturated heterocycles. The molecule has 3 aliphatic heterocycles. The zero-order chi connectivity index (χ0) is 20.3. The highest BCUT2D eigenvalue weighted by Gasteiger charge is 2.26. The van der Waals surface area contributed by atoms with Crippen LogP contribution in [0, 0.1) is 0 Å². The van der Waals surface area contributed by atoms with E-state index in [1.54, 1.807) is 23.3 Å². The van der Waals surface area contributed by atoms with Crippen LogP contribution < -0.4 is 5.32 Å². The number of sulfonamides is 1. The van der Waals surface area contributed by atoms with Crippen LogP contribution in [0.5, 0.6) is 0 Å². The number of hydrogen-bond acceptors (Lipinski definition) is 6. The summed E-state index contributed by atoms with van der Waals surface area (Å²) in [6.45, 7) is 3.78. The first-order valence-corrected chi connectivity index (χ1v) is 11.3. The van der Waals surface area contributed by atoms with Crippen molar-refractivity contribution in [2.45, 2.75) is 6.04 Å². The molecule has 1 unspecified atom stereocenters. The van der Waals surface area contributed by atoms with Gasteiger partial charge in [0.15, 0.2) is 0 Å². The molecule has 1 atom stereocenters. The number of rotatable bonds is 5. The van der Waals surface area contributed by atoms with Crippen LogP contribution in [0.1, 0.15) is 11.6 Å². The molecule has 1 aromatic rings. The summed E-state index contributed by atoms with van der Waals surface area (Å²) in [4.78, 5) is 16.8. The number of carbonyl (C=O) groups excluding carboxylic acids is 1. The van der Waals surface area contributed by atoms with E-state index in [9.17, 15) is 13.2 Å². The first-order valence-electron chi connectivity index (χ1n) is 9.66. The molecule has 3 aliphatic rings. The number of amides is 1. The highest BCUT2D eigenvalue weighted by Crippen LogP contribution is 2.22. The van der Waals surface area contributed by atoms with Gasteiger partial charge in [-0.15, -0.1) is 4.40 Å². The molecule has 8 nitrogen and oxygen atoms in total. The zero-order valence-electron chi connectivity index (χ0n) is 16.0. The van der Waals surface area contributed by atoms with Crippen LogP contribution in [0.2, 0.25) is 0 Å². The van der Waals surface area contributed by atoms with Gasteiger partial charge in [-0.2, -0.15) is 0 Å². The Labute approximate surface area is 170 Å². The Bertz CT molecular complexity index is 950. The van der Waals surface area contributed by atoms with Crippen LogP contribution in [-0.2, 0) is 19.6 Å². The Balaban J connectivity index is 1.45. The highest BCUT2D eigenvalue weighted by atomic mass is 32.2. The van der Waals surface area contributed by atoms with Gasteiger partial charge in [0.1, 0.15) is 5.84 Å². The minimum atomic E-state index is -3.41. The fourth-order valence-electron chi connectivity index (χ4n) is 3.65. The average molecular weight is 417 g/mol. The van der Waals surface area contributed by atoms with E-state index >= 15 is 0 Å². The lowest BCUT2D eigenvalue weighted by Crippen LogP contribution is -2.44. The van der Waals surface area contributed by atoms with Gasteiger partial charge in [-0.05, 0) is 17.7 Å². The standard InChI is InChI=1S/C20H24N4O4S/c25-20(17-6-7-19-22-29(26,27)13-10-24(19)15-17)21-14-18(16-4-2-1-3-5-16)23-8-11-28-12-9-23/h1-7,15,18H,8-14H2,(H,21,25). The van der Waals surface area contributed by atoms with Crippen molar-refractivity contribution in [1.82, 2.24) is 15.1 Å². The average Bonchev–Trinajstić information content (AvgIpc) is 2.74. The molecule has 3 heterocycles. The summed E-state index contributed by atoms with van der Waals surface area (Å²) in [6, 6.07) is 10.2. The molecule has 0 aromatic heterocycles. The summed E-state index contributed by atoms with van der Waals surface area (Å²) in [7, 11) is -3.41. The second-order valence-corrected chi connectivity index (χ2v) is 8.89. The van der Waals surface area contributed by atoms with Gasteiger partial charge in [0, 0.05) is 32.4 Å². The van der Waals surface area contributed by atoms with Gasteiger partial charge in [0.2, 0.25) is 0 Å². The smallest absolute Gasteiger partial charge is 0.256 e. The molecule has 1 fully saturated rings. The van der Waals surface area contributed by atoms with E-state index in [1.165, 1.54) is 0 Å². The third kappa shape index (κ3) is 4.75. The number of fused-ring (bicyclic) bond motifs is 1. The molecule has 0 radical (unpaired) electrons. The molecular weight excluding hydrogens is 392 g/mol. The minimum Gasteiger partial charge on any atom is -0.379 e. The van der Waals surface area contributed by atoms with Crippen molar-refractivity contribution in [3.8, 4) is 0 Å². The van der Waals surface area contributed by atoms with Crippen molar-refractivity contribution in [3.05, 3.63) is 59.8 Å². The van der Waals surface area contributed by atoms with Crippen molar-refractivity contribution >= 4 is 21.8 Å². The predicted molar refractivity (Wildman–Crippen MR) is 110 cm³/mol. The van der Waals surface area contributed by atoms with Crippen molar-refractivity contribution in [3.63, 3.8) is 0 Å². The van der Waals surface area contributed by atoms with E-state index in [2.05, 4.69) is 26.7 Å². The molecule has 29 heavy (non-hydrogen) atoms. The topological polar surface area (TPSA) is 91.3 Å². The first kappa shape index (κ1) is 19.8. The van der Waals surface area contributed by atoms with Gasteiger partial charge in [0.05, 0.1) is 30.6 Å². The van der Waals surface area contributed by atoms with E-state index < -0.39 is 10.0 Å². The Morgan fingerprint density at radius 2 is 1.90 bits per heavy atom. The lowest BCUT2D eigenvalue weighted by atomic mass is 10.0. The Morgan fingerprint density at radius 3 is 2.66 bits per heavy atom. The van der Waals surface area contributed by atoms with Crippen LogP contribution in [0.15, 0.2) is 58.7 Å². The molecular formula is C20H24N4O4S. The van der Waals surface area contributed by atoms with Crippen LogP contribution >= 0.6 is 0 Å². The summed E-state index contributed by atoms with van der Waals surface area (Å²) in [6.07, 6.45) is 4.84. The summed E-state index contributed by atoms with van der Waals surface area (Å²) in [5.41, 5.74) is 1.63. The first-order chi connectivity index (χ1) is 14.0. The van der Waals surface area contributed by atoms with Gasteiger partial charge >= 0.3 is 0 Å². The van der Waals surface area contributed by atoms with Gasteiger partial charge in [-0.3, -0.25) is 9.69 Å². The van der Waals surface area contributed by atoms with Crippen LogP contribution in [0.25, 0.3) is 0 Å². The number of hydrogen-bond donors (Lipinski definition) is 1. The fourth-order valence-corrected chi connectivity index (χ4v) is 4.62. The molecule has 0 aliphatic carbocycles. The molecule has 1 amide bonds.